The van der Waals surface area contributed by atoms with E-state index in [0.29, 0.717) is 53.6 Å². The van der Waals surface area contributed by atoms with Crippen LogP contribution in [0.1, 0.15) is 87.9 Å². The van der Waals surface area contributed by atoms with E-state index < -0.39 is 12.0 Å². The van der Waals surface area contributed by atoms with Gasteiger partial charge in [-0.05, 0) is 92.3 Å². The first kappa shape index (κ1) is 38.6. The molecule has 10 nitrogen and oxygen atoms in total. The van der Waals surface area contributed by atoms with Gasteiger partial charge in [-0.2, -0.15) is 0 Å². The number of ether oxygens (including phenoxy) is 2. The van der Waals surface area contributed by atoms with E-state index in [1.54, 1.807) is 14.0 Å². The third-order valence-electron chi connectivity index (χ3n) is 9.20. The molecule has 11 heteroatoms. The smallest absolute Gasteiger partial charge is 0.246 e. The van der Waals surface area contributed by atoms with Crippen LogP contribution in [0.25, 0.3) is 16.5 Å². The fraction of sp³-hybridized carbons (Fsp3) is 0.541. The molecule has 262 valence electrons. The van der Waals surface area contributed by atoms with Gasteiger partial charge >= 0.3 is 0 Å². The molecule has 1 aliphatic carbocycles. The van der Waals surface area contributed by atoms with Crippen molar-refractivity contribution in [2.45, 2.75) is 79.7 Å². The second-order valence-corrected chi connectivity index (χ2v) is 12.3. The number of hydrogen-bond acceptors (Lipinski definition) is 8. The number of rotatable bonds is 18. The molecule has 3 atom stereocenters. The zero-order valence-electron chi connectivity index (χ0n) is 29.6. The number of nitrogens with one attached hydrogen (secondary N) is 3. The van der Waals surface area contributed by atoms with Crippen LogP contribution in [-0.4, -0.2) is 69.5 Å². The van der Waals surface area contributed by atoms with Gasteiger partial charge in [0.2, 0.25) is 11.8 Å². The molecule has 0 fully saturated rings. The Hall–Kier alpha value is -3.80. The molecular formula is C37H51FN4O6. The Labute approximate surface area is 283 Å². The third kappa shape index (κ3) is 8.80. The van der Waals surface area contributed by atoms with E-state index in [9.17, 15) is 19.2 Å². The molecule has 2 amide bonds. The fourth-order valence-electron chi connectivity index (χ4n) is 6.42. The number of nitrogens with zero attached hydrogens (tertiary/aromatic N) is 1. The second-order valence-electron chi connectivity index (χ2n) is 12.3. The van der Waals surface area contributed by atoms with Crippen LogP contribution in [0.15, 0.2) is 23.3 Å². The summed E-state index contributed by atoms with van der Waals surface area (Å²) in [4.78, 5) is 55.2. The number of benzene rings is 1. The number of amides is 2. The number of carbonyl (C=O) groups excluding carboxylic acids is 4. The largest absolute Gasteiger partial charge is 0.380 e. The van der Waals surface area contributed by atoms with Gasteiger partial charge < -0.3 is 30.2 Å². The molecule has 0 radical (unpaired) electrons. The quantitative estimate of drug-likeness (QED) is 0.0676. The van der Waals surface area contributed by atoms with Crippen molar-refractivity contribution in [2.24, 2.45) is 11.8 Å². The van der Waals surface area contributed by atoms with Crippen LogP contribution in [0.2, 0.25) is 0 Å². The van der Waals surface area contributed by atoms with E-state index >= 15 is 4.39 Å². The highest BCUT2D eigenvalue weighted by Gasteiger charge is 2.32. The number of Topliss-reactive ketones (excluding diaryl/α,β-unsaturated/α-hetero) is 1. The molecule has 3 unspecified atom stereocenters. The van der Waals surface area contributed by atoms with Crippen LogP contribution in [0.5, 0.6) is 0 Å². The van der Waals surface area contributed by atoms with Crippen LogP contribution < -0.4 is 16.0 Å². The van der Waals surface area contributed by atoms with Gasteiger partial charge in [0.15, 0.2) is 5.78 Å². The van der Waals surface area contributed by atoms with Gasteiger partial charge in [-0.15, -0.1) is 0 Å². The second kappa shape index (κ2) is 18.1. The van der Waals surface area contributed by atoms with Gasteiger partial charge in [0, 0.05) is 30.1 Å². The van der Waals surface area contributed by atoms with Crippen molar-refractivity contribution in [3.8, 4) is 0 Å². The maximum Gasteiger partial charge on any atom is 0.246 e. The van der Waals surface area contributed by atoms with Crippen LogP contribution >= 0.6 is 0 Å². The van der Waals surface area contributed by atoms with Gasteiger partial charge in [-0.25, -0.2) is 9.37 Å². The van der Waals surface area contributed by atoms with Crippen molar-refractivity contribution in [3.05, 3.63) is 57.1 Å². The number of pyridine rings is 1. The molecule has 0 saturated carbocycles. The summed E-state index contributed by atoms with van der Waals surface area (Å²) in [6, 6.07) is 1.06. The lowest BCUT2D eigenvalue weighted by Crippen LogP contribution is -2.37. The Morgan fingerprint density at radius 2 is 1.88 bits per heavy atom. The van der Waals surface area contributed by atoms with Crippen molar-refractivity contribution in [1.29, 1.82) is 0 Å². The molecule has 0 spiro atoms. The summed E-state index contributed by atoms with van der Waals surface area (Å²) >= 11 is 0. The van der Waals surface area contributed by atoms with Crippen molar-refractivity contribution in [3.63, 3.8) is 0 Å². The highest BCUT2D eigenvalue weighted by molar-refractivity contribution is 5.97. The van der Waals surface area contributed by atoms with Crippen molar-refractivity contribution in [2.75, 3.05) is 40.6 Å². The highest BCUT2D eigenvalue weighted by atomic mass is 19.1. The molecule has 3 rings (SSSR count). The number of likely N-dealkylation sites (N-methyl/N-ethyl adjacent to an activating group) is 1. The molecular weight excluding hydrogens is 615 g/mol. The number of methoxy groups -OCH3 is 1. The van der Waals surface area contributed by atoms with E-state index in [2.05, 4.69) is 29.8 Å². The number of carbonyl (C=O) groups is 4. The summed E-state index contributed by atoms with van der Waals surface area (Å²) in [6.45, 7) is 11.1. The van der Waals surface area contributed by atoms with E-state index in [-0.39, 0.29) is 55.8 Å². The molecule has 0 saturated heterocycles. The van der Waals surface area contributed by atoms with E-state index in [4.69, 9.17) is 14.5 Å². The van der Waals surface area contributed by atoms with Crippen LogP contribution in [0, 0.1) is 24.6 Å². The molecule has 0 bridgehead atoms. The van der Waals surface area contributed by atoms with Crippen LogP contribution in [0.4, 0.5) is 4.39 Å². The van der Waals surface area contributed by atoms with E-state index in [0.717, 1.165) is 40.4 Å². The number of allylic oxidation sites excluding steroid dienone is 3. The number of aromatic nitrogens is 1. The maximum atomic E-state index is 15.4. The zero-order valence-corrected chi connectivity index (χ0v) is 29.6. The SMILES string of the molecule is CCc1c(/C(=C/C(=C(/COC)C(C)=O)C(C=O)CC)C(C)CC)nc2cc(F)c(C)c3c2c1C(NC(=O)COCNC(=O)CNC)CC3. The Balaban J connectivity index is 2.27. The van der Waals surface area contributed by atoms with Crippen LogP contribution in [-0.2, 0) is 41.5 Å². The molecule has 0 aliphatic heterocycles. The first-order valence-corrected chi connectivity index (χ1v) is 16.8. The molecule has 1 aromatic heterocycles. The standard InChI is InChI=1S/C37H51FN4O6/c1-9-21(4)27(14-28(24(10-2)17-43)29(18-47-8)23(6)44)37-25(11-3)35-31(41-34(46)19-48-20-40-33(45)16-39-7)13-12-26-22(5)30(38)15-32(42-37)36(26)35/h14-15,17,21,24,31,39H,9-13,16,18-20H2,1-8H3,(H,40,45)(H,41,46)/b27-14+,29-28+. The topological polar surface area (TPSA) is 136 Å². The summed E-state index contributed by atoms with van der Waals surface area (Å²) in [7, 11) is 3.17. The number of aryl methyl sites for hydroxylation is 1. The monoisotopic (exact) mass is 666 g/mol. The normalized spacial score (nSPS) is 16.3. The van der Waals surface area contributed by atoms with E-state index in [1.807, 2.05) is 19.9 Å². The first-order valence-electron chi connectivity index (χ1n) is 16.8. The predicted molar refractivity (Wildman–Crippen MR) is 185 cm³/mol. The summed E-state index contributed by atoms with van der Waals surface area (Å²) in [5.41, 5.74) is 6.25. The molecule has 1 aromatic carbocycles. The summed E-state index contributed by atoms with van der Waals surface area (Å²) in [5, 5.41) is 9.31. The summed E-state index contributed by atoms with van der Waals surface area (Å²) in [6.07, 6.45) is 5.69. The van der Waals surface area contributed by atoms with Gasteiger partial charge in [0.25, 0.3) is 0 Å². The summed E-state index contributed by atoms with van der Waals surface area (Å²) in [5.74, 6) is -1.70. The molecule has 1 heterocycles. The highest BCUT2D eigenvalue weighted by Crippen LogP contribution is 2.43. The minimum Gasteiger partial charge on any atom is -0.380 e. The minimum absolute atomic E-state index is 0.0414. The molecule has 3 N–H and O–H groups in total. The summed E-state index contributed by atoms with van der Waals surface area (Å²) < 4.78 is 26.2. The predicted octanol–water partition coefficient (Wildman–Crippen LogP) is 4.84. The molecule has 1 aliphatic rings. The van der Waals surface area contributed by atoms with Gasteiger partial charge in [-0.3, -0.25) is 14.4 Å². The van der Waals surface area contributed by atoms with Gasteiger partial charge in [0.05, 0.1) is 30.4 Å². The average Bonchev–Trinajstić information content (AvgIpc) is 3.06. The Morgan fingerprint density at radius 3 is 2.46 bits per heavy atom. The lowest BCUT2D eigenvalue weighted by Gasteiger charge is -2.32. The van der Waals surface area contributed by atoms with Crippen molar-refractivity contribution in [1.82, 2.24) is 20.9 Å². The van der Waals surface area contributed by atoms with E-state index in [1.165, 1.54) is 20.1 Å². The minimum atomic E-state index is -0.538. The average molecular weight is 667 g/mol. The van der Waals surface area contributed by atoms with Gasteiger partial charge in [-0.1, -0.05) is 33.8 Å². The number of hydrogen-bond donors (Lipinski definition) is 3. The number of halogens is 1. The van der Waals surface area contributed by atoms with Crippen molar-refractivity contribution < 1.29 is 33.0 Å². The van der Waals surface area contributed by atoms with Crippen molar-refractivity contribution >= 4 is 40.4 Å². The zero-order chi connectivity index (χ0) is 35.5. The molecule has 48 heavy (non-hydrogen) atoms. The Morgan fingerprint density at radius 1 is 1.15 bits per heavy atom. The Kier molecular flexibility index (Phi) is 14.6. The van der Waals surface area contributed by atoms with Crippen LogP contribution in [0.3, 0.4) is 0 Å². The lowest BCUT2D eigenvalue weighted by atomic mass is 9.78. The fourth-order valence-corrected chi connectivity index (χ4v) is 6.42. The number of ketones is 1. The maximum absolute atomic E-state index is 15.4. The number of aldehydes is 1. The molecule has 2 aromatic rings. The van der Waals surface area contributed by atoms with Gasteiger partial charge in [0.1, 0.15) is 25.4 Å². The lowest BCUT2D eigenvalue weighted by molar-refractivity contribution is -0.129. The Bertz CT molecular complexity index is 1580. The first-order chi connectivity index (χ1) is 23.0. The third-order valence-corrected chi connectivity index (χ3v) is 9.20.